The van der Waals surface area contributed by atoms with Gasteiger partial charge in [0, 0.05) is 0 Å². The van der Waals surface area contributed by atoms with Gasteiger partial charge in [-0.3, -0.25) is 19.3 Å². The number of carbonyl (C=O) groups excluding carboxylic acids is 3. The standard InChI is InChI=1S/C22H21NO7S/c1-27-18-12-15(13-19-21(25)23(22(26)31-19)14-20(24)28-2)8-9-17(18)30-11-10-29-16-6-4-3-5-7-16/h3-9,12-13H,10-11,14H2,1-2H3/b19-13-. The van der Waals surface area contributed by atoms with Gasteiger partial charge in [-0.25, -0.2) is 0 Å². The summed E-state index contributed by atoms with van der Waals surface area (Å²) in [6, 6.07) is 14.6. The maximum Gasteiger partial charge on any atom is 0.325 e. The molecule has 0 atom stereocenters. The molecule has 2 aromatic rings. The van der Waals surface area contributed by atoms with Gasteiger partial charge >= 0.3 is 5.97 Å². The number of thioether (sulfide) groups is 1. The summed E-state index contributed by atoms with van der Waals surface area (Å²) in [5.41, 5.74) is 0.647. The molecule has 0 aliphatic carbocycles. The Bertz CT molecular complexity index is 991. The van der Waals surface area contributed by atoms with Crippen LogP contribution >= 0.6 is 11.8 Å². The molecular weight excluding hydrogens is 422 g/mol. The van der Waals surface area contributed by atoms with Crippen LogP contribution in [0.1, 0.15) is 5.56 Å². The molecule has 1 heterocycles. The highest BCUT2D eigenvalue weighted by Gasteiger charge is 2.36. The van der Waals surface area contributed by atoms with Gasteiger partial charge in [0.2, 0.25) is 0 Å². The molecule has 0 N–H and O–H groups in total. The summed E-state index contributed by atoms with van der Waals surface area (Å²) in [5, 5.41) is -0.521. The van der Waals surface area contributed by atoms with Crippen LogP contribution in [0, 0.1) is 0 Å². The van der Waals surface area contributed by atoms with Crippen LogP contribution in [0.5, 0.6) is 17.2 Å². The first-order valence-electron chi connectivity index (χ1n) is 9.32. The van der Waals surface area contributed by atoms with Gasteiger partial charge in [0.1, 0.15) is 25.5 Å². The van der Waals surface area contributed by atoms with Crippen LogP contribution in [-0.4, -0.2) is 56.0 Å². The summed E-state index contributed by atoms with van der Waals surface area (Å²) in [5.74, 6) is 0.549. The number of amides is 2. The van der Waals surface area contributed by atoms with Crippen LogP contribution in [0.25, 0.3) is 6.08 Å². The van der Waals surface area contributed by atoms with Crippen molar-refractivity contribution in [1.29, 1.82) is 0 Å². The number of esters is 1. The molecule has 0 bridgehead atoms. The van der Waals surface area contributed by atoms with E-state index in [0.29, 0.717) is 30.3 Å². The second-order valence-corrected chi connectivity index (χ2v) is 7.26. The molecule has 1 saturated heterocycles. The summed E-state index contributed by atoms with van der Waals surface area (Å²) in [6.45, 7) is 0.263. The fraction of sp³-hybridized carbons (Fsp3) is 0.227. The third-order valence-electron chi connectivity index (χ3n) is 4.23. The van der Waals surface area contributed by atoms with Crippen molar-refractivity contribution in [3.05, 3.63) is 59.0 Å². The van der Waals surface area contributed by atoms with E-state index in [0.717, 1.165) is 22.4 Å². The third-order valence-corrected chi connectivity index (χ3v) is 5.13. The minimum atomic E-state index is -0.664. The average Bonchev–Trinajstić information content (AvgIpc) is 3.05. The number of rotatable bonds is 9. The van der Waals surface area contributed by atoms with Crippen molar-refractivity contribution in [1.82, 2.24) is 4.90 Å². The fourth-order valence-electron chi connectivity index (χ4n) is 2.70. The quantitative estimate of drug-likeness (QED) is 0.331. The Hall–Kier alpha value is -3.46. The molecule has 31 heavy (non-hydrogen) atoms. The molecule has 0 saturated carbocycles. The number of para-hydroxylation sites is 1. The summed E-state index contributed by atoms with van der Waals surface area (Å²) in [7, 11) is 2.71. The van der Waals surface area contributed by atoms with E-state index >= 15 is 0 Å². The summed E-state index contributed by atoms with van der Waals surface area (Å²) >= 11 is 0.764. The molecule has 1 aliphatic rings. The number of hydrogen-bond donors (Lipinski definition) is 0. The third kappa shape index (κ3) is 5.79. The van der Waals surface area contributed by atoms with Crippen LogP contribution < -0.4 is 14.2 Å². The van der Waals surface area contributed by atoms with E-state index in [1.54, 1.807) is 24.3 Å². The van der Waals surface area contributed by atoms with Crippen molar-refractivity contribution in [2.75, 3.05) is 34.0 Å². The lowest BCUT2D eigenvalue weighted by Gasteiger charge is -2.12. The number of hydrogen-bond acceptors (Lipinski definition) is 8. The van der Waals surface area contributed by atoms with Gasteiger partial charge < -0.3 is 18.9 Å². The first kappa shape index (κ1) is 22.2. The lowest BCUT2D eigenvalue weighted by Crippen LogP contribution is -2.34. The average molecular weight is 443 g/mol. The number of methoxy groups -OCH3 is 2. The van der Waals surface area contributed by atoms with Crippen LogP contribution in [0.3, 0.4) is 0 Å². The van der Waals surface area contributed by atoms with Crippen LogP contribution in [0.4, 0.5) is 4.79 Å². The molecule has 8 nitrogen and oxygen atoms in total. The van der Waals surface area contributed by atoms with E-state index in [1.807, 2.05) is 30.3 Å². The van der Waals surface area contributed by atoms with Crippen molar-refractivity contribution in [2.24, 2.45) is 0 Å². The Morgan fingerprint density at radius 3 is 2.45 bits per heavy atom. The smallest absolute Gasteiger partial charge is 0.325 e. The Kier molecular flexibility index (Phi) is 7.55. The molecule has 2 aromatic carbocycles. The molecular formula is C22H21NO7S. The minimum Gasteiger partial charge on any atom is -0.493 e. The zero-order valence-electron chi connectivity index (χ0n) is 17.0. The highest BCUT2D eigenvalue weighted by atomic mass is 32.2. The molecule has 0 radical (unpaired) electrons. The van der Waals surface area contributed by atoms with E-state index in [2.05, 4.69) is 4.74 Å². The summed E-state index contributed by atoms with van der Waals surface area (Å²) < 4.78 is 21.2. The second kappa shape index (κ2) is 10.5. The van der Waals surface area contributed by atoms with Gasteiger partial charge in [0.15, 0.2) is 11.5 Å². The monoisotopic (exact) mass is 443 g/mol. The maximum atomic E-state index is 12.4. The van der Waals surface area contributed by atoms with Crippen molar-refractivity contribution in [3.8, 4) is 17.2 Å². The fourth-order valence-corrected chi connectivity index (χ4v) is 3.54. The SMILES string of the molecule is COC(=O)CN1C(=O)S/C(=C\c2ccc(OCCOc3ccccc3)c(OC)c2)C1=O. The zero-order valence-corrected chi connectivity index (χ0v) is 17.8. The zero-order chi connectivity index (χ0) is 22.2. The minimum absolute atomic E-state index is 0.209. The van der Waals surface area contributed by atoms with Gasteiger partial charge in [0.25, 0.3) is 11.1 Å². The van der Waals surface area contributed by atoms with Crippen LogP contribution in [0.2, 0.25) is 0 Å². The van der Waals surface area contributed by atoms with E-state index in [-0.39, 0.29) is 4.91 Å². The van der Waals surface area contributed by atoms with Crippen molar-refractivity contribution in [3.63, 3.8) is 0 Å². The van der Waals surface area contributed by atoms with E-state index in [4.69, 9.17) is 14.2 Å². The lowest BCUT2D eigenvalue weighted by atomic mass is 10.2. The first-order chi connectivity index (χ1) is 15.0. The van der Waals surface area contributed by atoms with Crippen LogP contribution in [-0.2, 0) is 14.3 Å². The number of imide groups is 1. The molecule has 162 valence electrons. The highest BCUT2D eigenvalue weighted by Crippen LogP contribution is 2.34. The molecule has 1 fully saturated rings. The van der Waals surface area contributed by atoms with E-state index in [9.17, 15) is 14.4 Å². The Morgan fingerprint density at radius 2 is 1.74 bits per heavy atom. The molecule has 3 rings (SSSR count). The van der Waals surface area contributed by atoms with Gasteiger partial charge in [0.05, 0.1) is 19.1 Å². The molecule has 1 aliphatic heterocycles. The predicted octanol–water partition coefficient (Wildman–Crippen LogP) is 3.36. The Labute approximate surface area is 183 Å². The molecule has 2 amide bonds. The largest absolute Gasteiger partial charge is 0.493 e. The molecule has 0 unspecified atom stereocenters. The van der Waals surface area contributed by atoms with Crippen molar-refractivity contribution >= 4 is 35.0 Å². The van der Waals surface area contributed by atoms with Crippen LogP contribution in [0.15, 0.2) is 53.4 Å². The molecule has 9 heteroatoms. The molecule has 0 aromatic heterocycles. The van der Waals surface area contributed by atoms with E-state index < -0.39 is 23.7 Å². The van der Waals surface area contributed by atoms with Gasteiger partial charge in [-0.05, 0) is 47.7 Å². The molecule has 0 spiro atoms. The van der Waals surface area contributed by atoms with E-state index in [1.165, 1.54) is 14.2 Å². The number of carbonyl (C=O) groups is 3. The highest BCUT2D eigenvalue weighted by molar-refractivity contribution is 8.18. The van der Waals surface area contributed by atoms with Gasteiger partial charge in [-0.15, -0.1) is 0 Å². The summed E-state index contributed by atoms with van der Waals surface area (Å²) in [6.07, 6.45) is 1.56. The lowest BCUT2D eigenvalue weighted by molar-refractivity contribution is -0.143. The van der Waals surface area contributed by atoms with Crippen molar-refractivity contribution < 1.29 is 33.3 Å². The van der Waals surface area contributed by atoms with Gasteiger partial charge in [-0.1, -0.05) is 24.3 Å². The maximum absolute atomic E-state index is 12.4. The number of ether oxygens (including phenoxy) is 4. The first-order valence-corrected chi connectivity index (χ1v) is 10.1. The Balaban J connectivity index is 1.63. The summed E-state index contributed by atoms with van der Waals surface area (Å²) in [4.78, 5) is 36.9. The topological polar surface area (TPSA) is 91.4 Å². The van der Waals surface area contributed by atoms with Crippen molar-refractivity contribution in [2.45, 2.75) is 0 Å². The second-order valence-electron chi connectivity index (χ2n) is 6.26. The van der Waals surface area contributed by atoms with Gasteiger partial charge in [-0.2, -0.15) is 0 Å². The predicted molar refractivity (Wildman–Crippen MR) is 115 cm³/mol. The normalized spacial score (nSPS) is 14.6. The number of nitrogens with zero attached hydrogens (tertiary/aromatic N) is 1. The number of benzene rings is 2. The Morgan fingerprint density at radius 1 is 1.00 bits per heavy atom.